The minimum atomic E-state index is -3.03. The van der Waals surface area contributed by atoms with Crippen LogP contribution < -0.4 is 10.1 Å². The number of nitrogens with one attached hydrogen (secondary N) is 1. The van der Waals surface area contributed by atoms with E-state index < -0.39 is 10.0 Å². The Kier molecular flexibility index (Phi) is 8.62. The fourth-order valence-corrected chi connectivity index (χ4v) is 4.97. The summed E-state index contributed by atoms with van der Waals surface area (Å²) in [5.41, 5.74) is 0. The van der Waals surface area contributed by atoms with Crippen LogP contribution in [0.3, 0.4) is 0 Å². The Bertz CT molecular complexity index is 707. The van der Waals surface area contributed by atoms with Gasteiger partial charge in [0, 0.05) is 52.6 Å². The predicted molar refractivity (Wildman–Crippen MR) is 118 cm³/mol. The molecule has 2 aliphatic rings. The van der Waals surface area contributed by atoms with Crippen LogP contribution in [0.2, 0.25) is 0 Å². The highest BCUT2D eigenvalue weighted by Crippen LogP contribution is 2.18. The van der Waals surface area contributed by atoms with Gasteiger partial charge in [-0.2, -0.15) is 0 Å². The standard InChI is InChI=1S/C18H28N4O3S.HI/c1-19-18(20-10-14-22-11-5-15-26(22,23)24)21-12-8-17(9-13-21)25-16-6-3-2-4-7-16;/h2-4,6-7,17H,5,8-15H2,1H3,(H,19,20);1H. The van der Waals surface area contributed by atoms with Crippen molar-refractivity contribution in [1.29, 1.82) is 0 Å². The molecule has 3 rings (SSSR count). The average Bonchev–Trinajstić information content (AvgIpc) is 2.99. The van der Waals surface area contributed by atoms with E-state index in [4.69, 9.17) is 4.74 Å². The molecule has 2 saturated heterocycles. The van der Waals surface area contributed by atoms with Crippen molar-refractivity contribution in [3.8, 4) is 5.75 Å². The van der Waals surface area contributed by atoms with Crippen molar-refractivity contribution in [2.45, 2.75) is 25.4 Å². The van der Waals surface area contributed by atoms with Gasteiger partial charge in [0.15, 0.2) is 5.96 Å². The summed E-state index contributed by atoms with van der Waals surface area (Å²) < 4.78 is 31.3. The van der Waals surface area contributed by atoms with Crippen molar-refractivity contribution in [2.75, 3.05) is 45.5 Å². The Morgan fingerprint density at radius 2 is 1.93 bits per heavy atom. The Morgan fingerprint density at radius 3 is 2.52 bits per heavy atom. The summed E-state index contributed by atoms with van der Waals surface area (Å²) in [5.74, 6) is 2.02. The molecule has 0 radical (unpaired) electrons. The van der Waals surface area contributed by atoms with E-state index in [9.17, 15) is 8.42 Å². The van der Waals surface area contributed by atoms with Crippen LogP contribution in [0.4, 0.5) is 0 Å². The number of likely N-dealkylation sites (tertiary alicyclic amines) is 1. The van der Waals surface area contributed by atoms with Gasteiger partial charge in [0.25, 0.3) is 0 Å². The summed E-state index contributed by atoms with van der Waals surface area (Å²) in [5, 5.41) is 3.30. The lowest BCUT2D eigenvalue weighted by molar-refractivity contribution is 0.129. The highest BCUT2D eigenvalue weighted by Gasteiger charge is 2.28. The number of piperidine rings is 1. The third-order valence-corrected chi connectivity index (χ3v) is 6.80. The Balaban J connectivity index is 0.00000261. The summed E-state index contributed by atoms with van der Waals surface area (Å²) in [6.07, 6.45) is 2.83. The molecule has 0 aliphatic carbocycles. The van der Waals surface area contributed by atoms with Crippen LogP contribution in [0.1, 0.15) is 19.3 Å². The molecule has 0 atom stereocenters. The van der Waals surface area contributed by atoms with Crippen LogP contribution in [-0.4, -0.2) is 75.2 Å². The maximum atomic E-state index is 11.8. The molecule has 0 unspecified atom stereocenters. The first kappa shape index (κ1) is 22.2. The van der Waals surface area contributed by atoms with Crippen LogP contribution in [0.15, 0.2) is 35.3 Å². The SMILES string of the molecule is CN=C(NCCN1CCCS1(=O)=O)N1CCC(Oc2ccccc2)CC1.I. The first-order valence-corrected chi connectivity index (χ1v) is 10.8. The molecular weight excluding hydrogens is 479 g/mol. The summed E-state index contributed by atoms with van der Waals surface area (Å²) >= 11 is 0. The van der Waals surface area contributed by atoms with E-state index >= 15 is 0 Å². The molecule has 0 amide bonds. The molecule has 0 saturated carbocycles. The lowest BCUT2D eigenvalue weighted by Gasteiger charge is -2.34. The van der Waals surface area contributed by atoms with E-state index in [1.165, 1.54) is 0 Å². The highest BCUT2D eigenvalue weighted by molar-refractivity contribution is 14.0. The molecule has 1 aromatic carbocycles. The third-order valence-electron chi connectivity index (χ3n) is 4.85. The Hall–Kier alpha value is -1.07. The van der Waals surface area contributed by atoms with E-state index in [-0.39, 0.29) is 35.8 Å². The zero-order valence-corrected chi connectivity index (χ0v) is 18.9. The minimum absolute atomic E-state index is 0. The van der Waals surface area contributed by atoms with Crippen LogP contribution in [0, 0.1) is 0 Å². The molecule has 9 heteroatoms. The molecule has 0 aromatic heterocycles. The quantitative estimate of drug-likeness (QED) is 0.373. The Morgan fingerprint density at radius 1 is 1.22 bits per heavy atom. The number of para-hydroxylation sites is 1. The monoisotopic (exact) mass is 508 g/mol. The minimum Gasteiger partial charge on any atom is -0.490 e. The molecule has 2 fully saturated rings. The van der Waals surface area contributed by atoms with Crippen LogP contribution in [0.5, 0.6) is 5.75 Å². The maximum Gasteiger partial charge on any atom is 0.214 e. The van der Waals surface area contributed by atoms with Gasteiger partial charge in [-0.15, -0.1) is 24.0 Å². The first-order valence-electron chi connectivity index (χ1n) is 9.23. The van der Waals surface area contributed by atoms with Crippen molar-refractivity contribution in [1.82, 2.24) is 14.5 Å². The number of aliphatic imine (C=N–C) groups is 1. The van der Waals surface area contributed by atoms with Gasteiger partial charge < -0.3 is 15.0 Å². The molecule has 7 nitrogen and oxygen atoms in total. The van der Waals surface area contributed by atoms with Crippen LogP contribution in [-0.2, 0) is 10.0 Å². The van der Waals surface area contributed by atoms with E-state index in [2.05, 4.69) is 15.2 Å². The number of benzene rings is 1. The molecule has 27 heavy (non-hydrogen) atoms. The topological polar surface area (TPSA) is 74.2 Å². The lowest BCUT2D eigenvalue weighted by atomic mass is 10.1. The number of hydrogen-bond acceptors (Lipinski definition) is 4. The van der Waals surface area contributed by atoms with Gasteiger partial charge in [-0.05, 0) is 18.6 Å². The molecule has 1 aromatic rings. The number of guanidine groups is 1. The molecule has 0 spiro atoms. The molecule has 152 valence electrons. The second kappa shape index (κ2) is 10.5. The number of ether oxygens (including phenoxy) is 1. The van der Waals surface area contributed by atoms with Gasteiger partial charge in [0.2, 0.25) is 10.0 Å². The van der Waals surface area contributed by atoms with Gasteiger partial charge in [0.1, 0.15) is 11.9 Å². The smallest absolute Gasteiger partial charge is 0.214 e. The fraction of sp³-hybridized carbons (Fsp3) is 0.611. The summed E-state index contributed by atoms with van der Waals surface area (Å²) in [6, 6.07) is 9.92. The summed E-state index contributed by atoms with van der Waals surface area (Å²) in [6.45, 7) is 3.45. The number of rotatable bonds is 5. The van der Waals surface area contributed by atoms with E-state index in [1.54, 1.807) is 11.4 Å². The second-order valence-electron chi connectivity index (χ2n) is 6.66. The highest BCUT2D eigenvalue weighted by atomic mass is 127. The van der Waals surface area contributed by atoms with E-state index in [0.717, 1.165) is 44.1 Å². The number of halogens is 1. The van der Waals surface area contributed by atoms with Crippen molar-refractivity contribution < 1.29 is 13.2 Å². The zero-order valence-electron chi connectivity index (χ0n) is 15.7. The van der Waals surface area contributed by atoms with Gasteiger partial charge in [-0.1, -0.05) is 18.2 Å². The Labute approximate surface area is 179 Å². The van der Waals surface area contributed by atoms with Crippen molar-refractivity contribution >= 4 is 40.0 Å². The van der Waals surface area contributed by atoms with Crippen molar-refractivity contribution in [3.63, 3.8) is 0 Å². The lowest BCUT2D eigenvalue weighted by Crippen LogP contribution is -2.49. The van der Waals surface area contributed by atoms with Crippen LogP contribution in [0.25, 0.3) is 0 Å². The van der Waals surface area contributed by atoms with Gasteiger partial charge in [-0.3, -0.25) is 4.99 Å². The van der Waals surface area contributed by atoms with Gasteiger partial charge >= 0.3 is 0 Å². The molecule has 1 N–H and O–H groups in total. The molecule has 2 heterocycles. The summed E-state index contributed by atoms with van der Waals surface area (Å²) in [4.78, 5) is 6.56. The van der Waals surface area contributed by atoms with E-state index in [1.807, 2.05) is 30.3 Å². The third kappa shape index (κ3) is 6.21. The van der Waals surface area contributed by atoms with E-state index in [0.29, 0.717) is 19.6 Å². The van der Waals surface area contributed by atoms with Crippen LogP contribution >= 0.6 is 24.0 Å². The maximum absolute atomic E-state index is 11.8. The normalized spacial score (nSPS) is 20.9. The first-order chi connectivity index (χ1) is 12.6. The van der Waals surface area contributed by atoms with Crippen molar-refractivity contribution in [3.05, 3.63) is 30.3 Å². The largest absolute Gasteiger partial charge is 0.490 e. The fourth-order valence-electron chi connectivity index (χ4n) is 3.44. The predicted octanol–water partition coefficient (Wildman–Crippen LogP) is 1.76. The van der Waals surface area contributed by atoms with Crippen molar-refractivity contribution in [2.24, 2.45) is 4.99 Å². The molecule has 0 bridgehead atoms. The molecule has 2 aliphatic heterocycles. The number of sulfonamides is 1. The molecular formula is C18H29IN4O3S. The second-order valence-corrected chi connectivity index (χ2v) is 8.75. The zero-order chi connectivity index (χ0) is 18.4. The summed E-state index contributed by atoms with van der Waals surface area (Å²) in [7, 11) is -1.26. The van der Waals surface area contributed by atoms with Gasteiger partial charge in [-0.25, -0.2) is 12.7 Å². The average molecular weight is 508 g/mol. The van der Waals surface area contributed by atoms with Gasteiger partial charge in [0.05, 0.1) is 5.75 Å². The number of nitrogens with zero attached hydrogens (tertiary/aromatic N) is 3. The number of hydrogen-bond donors (Lipinski definition) is 1.